The van der Waals surface area contributed by atoms with E-state index in [1.54, 1.807) is 11.3 Å². The smallest absolute Gasteiger partial charge is 0.141 e. The van der Waals surface area contributed by atoms with Crippen LogP contribution < -0.4 is 10.8 Å². The lowest BCUT2D eigenvalue weighted by molar-refractivity contribution is 1.22. The number of nitrogens with one attached hydrogen (secondary N) is 1. The molecule has 3 aromatic rings. The van der Waals surface area contributed by atoms with E-state index in [1.807, 2.05) is 33.1 Å². The number of anilines is 2. The first kappa shape index (κ1) is 11.2. The van der Waals surface area contributed by atoms with Crippen LogP contribution in [0.15, 0.2) is 35.8 Å². The first-order valence-corrected chi connectivity index (χ1v) is 6.65. The Morgan fingerprint density at radius 3 is 2.89 bits per heavy atom. The zero-order valence-corrected chi connectivity index (χ0v) is 11.1. The van der Waals surface area contributed by atoms with Crippen molar-refractivity contribution in [3.63, 3.8) is 0 Å². The van der Waals surface area contributed by atoms with Crippen LogP contribution in [0, 0.1) is 6.92 Å². The summed E-state index contributed by atoms with van der Waals surface area (Å²) in [6.07, 6.45) is 1.85. The molecule has 0 aliphatic heterocycles. The molecular formula is C13H12BN3S. The second-order valence-electron chi connectivity index (χ2n) is 4.28. The Balaban J connectivity index is 1.97. The van der Waals surface area contributed by atoms with Gasteiger partial charge >= 0.3 is 0 Å². The monoisotopic (exact) mass is 253 g/mol. The molecule has 0 saturated heterocycles. The number of rotatable bonds is 2. The molecule has 0 saturated carbocycles. The van der Waals surface area contributed by atoms with Gasteiger partial charge in [0.2, 0.25) is 0 Å². The molecule has 0 spiro atoms. The molecule has 5 heteroatoms. The van der Waals surface area contributed by atoms with Crippen molar-refractivity contribution in [2.75, 3.05) is 5.32 Å². The van der Waals surface area contributed by atoms with Gasteiger partial charge < -0.3 is 5.32 Å². The maximum absolute atomic E-state index is 4.55. The highest BCUT2D eigenvalue weighted by molar-refractivity contribution is 7.17. The molecule has 18 heavy (non-hydrogen) atoms. The minimum atomic E-state index is 0.821. The molecule has 0 amide bonds. The Labute approximate surface area is 110 Å². The van der Waals surface area contributed by atoms with Crippen LogP contribution in [0.4, 0.5) is 11.6 Å². The van der Waals surface area contributed by atoms with Gasteiger partial charge in [0.15, 0.2) is 0 Å². The molecule has 3 heterocycles. The third-order valence-corrected chi connectivity index (χ3v) is 3.81. The van der Waals surface area contributed by atoms with Crippen LogP contribution in [0.1, 0.15) is 5.69 Å². The van der Waals surface area contributed by atoms with Crippen LogP contribution >= 0.6 is 11.3 Å². The van der Waals surface area contributed by atoms with E-state index in [-0.39, 0.29) is 0 Å². The van der Waals surface area contributed by atoms with Crippen LogP contribution in [0.2, 0.25) is 0 Å². The number of hydrogen-bond donors (Lipinski definition) is 1. The number of nitrogens with zero attached hydrogens (tertiary/aromatic N) is 2. The SMILES string of the molecule is Bc1ccc(Nc2cc3ccsc3c(C)n2)nc1. The Bertz CT molecular complexity index is 691. The summed E-state index contributed by atoms with van der Waals surface area (Å²) < 4.78 is 1.25. The predicted octanol–water partition coefficient (Wildman–Crippen LogP) is 2.00. The lowest BCUT2D eigenvalue weighted by Gasteiger charge is -2.06. The number of hydrogen-bond acceptors (Lipinski definition) is 4. The molecule has 3 rings (SSSR count). The van der Waals surface area contributed by atoms with Crippen molar-refractivity contribution in [1.29, 1.82) is 0 Å². The van der Waals surface area contributed by atoms with Crippen LogP contribution in [0.3, 0.4) is 0 Å². The molecule has 0 atom stereocenters. The highest BCUT2D eigenvalue weighted by Crippen LogP contribution is 2.26. The summed E-state index contributed by atoms with van der Waals surface area (Å²) in [5.74, 6) is 1.66. The number of pyridine rings is 2. The highest BCUT2D eigenvalue weighted by atomic mass is 32.1. The summed E-state index contributed by atoms with van der Waals surface area (Å²) in [7, 11) is 2.02. The number of fused-ring (bicyclic) bond motifs is 1. The predicted molar refractivity (Wildman–Crippen MR) is 80.1 cm³/mol. The van der Waals surface area contributed by atoms with Gasteiger partial charge in [-0.25, -0.2) is 9.97 Å². The van der Waals surface area contributed by atoms with Gasteiger partial charge in [0.05, 0.1) is 10.4 Å². The van der Waals surface area contributed by atoms with Crippen molar-refractivity contribution in [2.45, 2.75) is 6.92 Å². The second kappa shape index (κ2) is 4.42. The molecule has 0 aliphatic rings. The van der Waals surface area contributed by atoms with E-state index in [4.69, 9.17) is 0 Å². The standard InChI is InChI=1S/C13H12BN3S/c1-8-13-9(4-5-18-13)6-12(16-8)17-11-3-2-10(14)7-15-11/h2-7H,14H2,1H3,(H,15,16,17). The van der Waals surface area contributed by atoms with Crippen molar-refractivity contribution >= 4 is 46.4 Å². The van der Waals surface area contributed by atoms with Gasteiger partial charge in [-0.2, -0.15) is 0 Å². The van der Waals surface area contributed by atoms with Crippen molar-refractivity contribution in [2.24, 2.45) is 0 Å². The third kappa shape index (κ3) is 2.09. The van der Waals surface area contributed by atoms with E-state index < -0.39 is 0 Å². The second-order valence-corrected chi connectivity index (χ2v) is 5.19. The average Bonchev–Trinajstić information content (AvgIpc) is 2.81. The topological polar surface area (TPSA) is 37.8 Å². The zero-order chi connectivity index (χ0) is 12.5. The Morgan fingerprint density at radius 1 is 1.22 bits per heavy atom. The third-order valence-electron chi connectivity index (χ3n) is 2.77. The van der Waals surface area contributed by atoms with E-state index in [0.29, 0.717) is 0 Å². The van der Waals surface area contributed by atoms with Gasteiger partial charge in [0, 0.05) is 6.20 Å². The van der Waals surface area contributed by atoms with E-state index >= 15 is 0 Å². The van der Waals surface area contributed by atoms with Crippen LogP contribution in [0.25, 0.3) is 10.1 Å². The molecular weight excluding hydrogens is 241 g/mol. The maximum atomic E-state index is 4.55. The number of thiophene rings is 1. The highest BCUT2D eigenvalue weighted by Gasteiger charge is 2.04. The van der Waals surface area contributed by atoms with E-state index in [0.717, 1.165) is 22.8 Å². The first-order chi connectivity index (χ1) is 8.72. The Kier molecular flexibility index (Phi) is 2.76. The summed E-state index contributed by atoms with van der Waals surface area (Å²) >= 11 is 1.72. The van der Waals surface area contributed by atoms with Gasteiger partial charge in [-0.15, -0.1) is 11.3 Å². The lowest BCUT2D eigenvalue weighted by Crippen LogP contribution is -2.04. The summed E-state index contributed by atoms with van der Waals surface area (Å²) in [5.41, 5.74) is 2.20. The fraction of sp³-hybridized carbons (Fsp3) is 0.0769. The van der Waals surface area contributed by atoms with Gasteiger partial charge in [-0.3, -0.25) is 0 Å². The van der Waals surface area contributed by atoms with Crippen molar-refractivity contribution in [3.8, 4) is 0 Å². The Hall–Kier alpha value is -1.88. The Morgan fingerprint density at radius 2 is 2.11 bits per heavy atom. The minimum absolute atomic E-state index is 0.821. The molecule has 0 fully saturated rings. The van der Waals surface area contributed by atoms with Gasteiger partial charge in [0.25, 0.3) is 0 Å². The first-order valence-electron chi connectivity index (χ1n) is 5.77. The fourth-order valence-electron chi connectivity index (χ4n) is 1.87. The largest absolute Gasteiger partial charge is 0.325 e. The van der Waals surface area contributed by atoms with Gasteiger partial charge in [-0.1, -0.05) is 11.5 Å². The molecule has 0 bridgehead atoms. The molecule has 0 radical (unpaired) electrons. The van der Waals surface area contributed by atoms with E-state index in [1.165, 1.54) is 10.1 Å². The summed E-state index contributed by atoms with van der Waals surface area (Å²) in [4.78, 5) is 8.87. The number of aromatic nitrogens is 2. The molecule has 0 aromatic carbocycles. The summed E-state index contributed by atoms with van der Waals surface area (Å²) in [5, 5.41) is 6.55. The van der Waals surface area contributed by atoms with Crippen LogP contribution in [-0.2, 0) is 0 Å². The van der Waals surface area contributed by atoms with Crippen molar-refractivity contribution in [1.82, 2.24) is 9.97 Å². The number of aryl methyl sites for hydroxylation is 1. The molecule has 3 aromatic heterocycles. The minimum Gasteiger partial charge on any atom is -0.325 e. The van der Waals surface area contributed by atoms with E-state index in [2.05, 4.69) is 32.8 Å². The summed E-state index contributed by atoms with van der Waals surface area (Å²) in [6.45, 7) is 2.03. The fourth-order valence-corrected chi connectivity index (χ4v) is 2.70. The van der Waals surface area contributed by atoms with E-state index in [9.17, 15) is 0 Å². The van der Waals surface area contributed by atoms with Crippen molar-refractivity contribution in [3.05, 3.63) is 41.5 Å². The van der Waals surface area contributed by atoms with Gasteiger partial charge in [0.1, 0.15) is 19.5 Å². The maximum Gasteiger partial charge on any atom is 0.141 e. The molecule has 0 unspecified atom stereocenters. The lowest BCUT2D eigenvalue weighted by atomic mass is 9.99. The summed E-state index contributed by atoms with van der Waals surface area (Å²) in [6, 6.07) is 8.16. The quantitative estimate of drug-likeness (QED) is 0.710. The van der Waals surface area contributed by atoms with Crippen LogP contribution in [-0.4, -0.2) is 17.8 Å². The normalized spacial score (nSPS) is 10.7. The molecule has 0 aliphatic carbocycles. The zero-order valence-electron chi connectivity index (χ0n) is 10.3. The van der Waals surface area contributed by atoms with Gasteiger partial charge in [-0.05, 0) is 35.9 Å². The molecule has 1 N–H and O–H groups in total. The van der Waals surface area contributed by atoms with Crippen molar-refractivity contribution < 1.29 is 0 Å². The van der Waals surface area contributed by atoms with Crippen LogP contribution in [0.5, 0.6) is 0 Å². The average molecular weight is 253 g/mol. The molecule has 3 nitrogen and oxygen atoms in total. The molecule has 88 valence electrons.